The maximum Gasteiger partial charge on any atom is 0.144 e. The lowest BCUT2D eigenvalue weighted by Gasteiger charge is -2.02. The van der Waals surface area contributed by atoms with Crippen LogP contribution < -0.4 is 11.3 Å². The van der Waals surface area contributed by atoms with E-state index in [0.29, 0.717) is 5.82 Å². The van der Waals surface area contributed by atoms with Crippen LogP contribution in [0.15, 0.2) is 28.5 Å². The van der Waals surface area contributed by atoms with Crippen molar-refractivity contribution in [3.63, 3.8) is 0 Å². The molecule has 0 amide bonds. The van der Waals surface area contributed by atoms with Gasteiger partial charge >= 0.3 is 0 Å². The molecule has 0 atom stereocenters. The van der Waals surface area contributed by atoms with E-state index in [9.17, 15) is 0 Å². The first-order chi connectivity index (χ1) is 7.69. The van der Waals surface area contributed by atoms with Crippen LogP contribution in [0.25, 0.3) is 0 Å². The highest BCUT2D eigenvalue weighted by atomic mass is 32.2. The van der Waals surface area contributed by atoms with Gasteiger partial charge in [0, 0.05) is 13.1 Å². The lowest BCUT2D eigenvalue weighted by molar-refractivity contribution is 0.692. The average Bonchev–Trinajstić information content (AvgIpc) is 2.58. The van der Waals surface area contributed by atoms with Gasteiger partial charge in [0.05, 0.1) is 5.69 Å². The molecule has 0 aliphatic heterocycles. The van der Waals surface area contributed by atoms with Gasteiger partial charge < -0.3 is 5.43 Å². The van der Waals surface area contributed by atoms with E-state index in [0.717, 1.165) is 15.7 Å². The predicted molar refractivity (Wildman–Crippen MR) is 61.9 cm³/mol. The first-order valence-corrected chi connectivity index (χ1v) is 5.48. The Labute approximate surface area is 97.2 Å². The molecule has 0 fully saturated rings. The summed E-state index contributed by atoms with van der Waals surface area (Å²) in [6.45, 7) is 1.96. The standard InChI is InChI=1S/C9H12N6S/c1-6-3-9(15(2)14-6)16-8-4-7(13-10)11-5-12-8/h3-5H,10H2,1-2H3,(H,11,12,13). The van der Waals surface area contributed by atoms with Crippen LogP contribution >= 0.6 is 11.8 Å². The summed E-state index contributed by atoms with van der Waals surface area (Å²) in [5.74, 6) is 5.87. The fourth-order valence-electron chi connectivity index (χ4n) is 1.26. The summed E-state index contributed by atoms with van der Waals surface area (Å²) in [7, 11) is 1.90. The molecule has 3 N–H and O–H groups in total. The largest absolute Gasteiger partial charge is 0.308 e. The Morgan fingerprint density at radius 2 is 2.19 bits per heavy atom. The smallest absolute Gasteiger partial charge is 0.144 e. The van der Waals surface area contributed by atoms with E-state index in [1.165, 1.54) is 18.1 Å². The summed E-state index contributed by atoms with van der Waals surface area (Å²) >= 11 is 1.52. The maximum atomic E-state index is 5.28. The third-order valence-electron chi connectivity index (χ3n) is 1.96. The second-order valence-corrected chi connectivity index (χ2v) is 4.28. The molecular formula is C9H12N6S. The molecule has 2 heterocycles. The molecule has 2 aromatic rings. The highest BCUT2D eigenvalue weighted by molar-refractivity contribution is 7.99. The number of nitrogen functional groups attached to an aromatic ring is 1. The fraction of sp³-hybridized carbons (Fsp3) is 0.222. The quantitative estimate of drug-likeness (QED) is 0.469. The Kier molecular flexibility index (Phi) is 3.07. The summed E-state index contributed by atoms with van der Waals surface area (Å²) in [4.78, 5) is 8.09. The number of hydrazine groups is 1. The Balaban J connectivity index is 2.23. The van der Waals surface area contributed by atoms with Gasteiger partial charge in [0.15, 0.2) is 0 Å². The zero-order valence-electron chi connectivity index (χ0n) is 9.01. The summed E-state index contributed by atoms with van der Waals surface area (Å²) in [6, 6.07) is 3.79. The molecule has 0 aliphatic carbocycles. The molecule has 0 saturated carbocycles. The fourth-order valence-corrected chi connectivity index (χ4v) is 2.15. The first-order valence-electron chi connectivity index (χ1n) is 4.66. The number of nitrogens with two attached hydrogens (primary N) is 1. The van der Waals surface area contributed by atoms with Crippen LogP contribution in [-0.2, 0) is 7.05 Å². The van der Waals surface area contributed by atoms with Crippen molar-refractivity contribution in [2.45, 2.75) is 17.0 Å². The summed E-state index contributed by atoms with van der Waals surface area (Å²) < 4.78 is 1.82. The maximum absolute atomic E-state index is 5.28. The zero-order valence-corrected chi connectivity index (χ0v) is 9.82. The number of nitrogens with zero attached hydrogens (tertiary/aromatic N) is 4. The van der Waals surface area contributed by atoms with Crippen LogP contribution in [0.4, 0.5) is 5.82 Å². The van der Waals surface area contributed by atoms with Crippen molar-refractivity contribution in [2.75, 3.05) is 5.43 Å². The third kappa shape index (κ3) is 2.31. The van der Waals surface area contributed by atoms with E-state index < -0.39 is 0 Å². The van der Waals surface area contributed by atoms with Gasteiger partial charge in [-0.3, -0.25) is 4.68 Å². The number of hydrogen-bond acceptors (Lipinski definition) is 6. The zero-order chi connectivity index (χ0) is 11.5. The van der Waals surface area contributed by atoms with Gasteiger partial charge in [-0.2, -0.15) is 5.10 Å². The molecule has 0 bridgehead atoms. The van der Waals surface area contributed by atoms with E-state index in [1.54, 1.807) is 6.07 Å². The SMILES string of the molecule is Cc1cc(Sc2cc(NN)ncn2)n(C)n1. The molecule has 2 rings (SSSR count). The molecule has 0 unspecified atom stereocenters. The van der Waals surface area contributed by atoms with Crippen LogP contribution in [0.1, 0.15) is 5.69 Å². The van der Waals surface area contributed by atoms with Crippen molar-refractivity contribution in [2.24, 2.45) is 12.9 Å². The van der Waals surface area contributed by atoms with Gasteiger partial charge in [-0.1, -0.05) is 11.8 Å². The average molecular weight is 236 g/mol. The normalized spacial score (nSPS) is 10.4. The highest BCUT2D eigenvalue weighted by Crippen LogP contribution is 2.26. The molecule has 0 saturated heterocycles. The molecule has 16 heavy (non-hydrogen) atoms. The molecule has 84 valence electrons. The lowest BCUT2D eigenvalue weighted by Crippen LogP contribution is -2.08. The summed E-state index contributed by atoms with van der Waals surface area (Å²) in [5, 5.41) is 6.11. The van der Waals surface area contributed by atoms with Crippen molar-refractivity contribution >= 4 is 17.6 Å². The van der Waals surface area contributed by atoms with E-state index in [1.807, 2.05) is 24.7 Å². The summed E-state index contributed by atoms with van der Waals surface area (Å²) in [6.07, 6.45) is 1.47. The van der Waals surface area contributed by atoms with Gasteiger partial charge in [0.25, 0.3) is 0 Å². The van der Waals surface area contributed by atoms with Crippen molar-refractivity contribution in [1.29, 1.82) is 0 Å². The Hall–Kier alpha value is -1.60. The minimum Gasteiger partial charge on any atom is -0.308 e. The minimum atomic E-state index is 0.594. The Bertz CT molecular complexity index is 494. The number of aromatic nitrogens is 4. The van der Waals surface area contributed by atoms with Crippen LogP contribution in [0.3, 0.4) is 0 Å². The van der Waals surface area contributed by atoms with Gasteiger partial charge in [-0.25, -0.2) is 15.8 Å². The summed E-state index contributed by atoms with van der Waals surface area (Å²) in [5.41, 5.74) is 3.47. The Morgan fingerprint density at radius 3 is 2.81 bits per heavy atom. The number of nitrogens with one attached hydrogen (secondary N) is 1. The molecule has 2 aromatic heterocycles. The number of rotatable bonds is 3. The third-order valence-corrected chi connectivity index (χ3v) is 2.98. The van der Waals surface area contributed by atoms with Crippen molar-refractivity contribution in [3.8, 4) is 0 Å². The van der Waals surface area contributed by atoms with Crippen molar-refractivity contribution in [1.82, 2.24) is 19.7 Å². The second kappa shape index (κ2) is 4.50. The van der Waals surface area contributed by atoms with Crippen LogP contribution in [-0.4, -0.2) is 19.7 Å². The van der Waals surface area contributed by atoms with E-state index >= 15 is 0 Å². The Morgan fingerprint density at radius 1 is 1.38 bits per heavy atom. The molecular weight excluding hydrogens is 224 g/mol. The van der Waals surface area contributed by atoms with Crippen LogP contribution in [0.2, 0.25) is 0 Å². The first kappa shape index (κ1) is 10.9. The van der Waals surface area contributed by atoms with Crippen molar-refractivity contribution < 1.29 is 0 Å². The number of aryl methyl sites for hydroxylation is 2. The second-order valence-electron chi connectivity index (χ2n) is 3.24. The van der Waals surface area contributed by atoms with Gasteiger partial charge in [0.2, 0.25) is 0 Å². The molecule has 0 radical (unpaired) electrons. The molecule has 6 nitrogen and oxygen atoms in total. The number of hydrogen-bond donors (Lipinski definition) is 2. The molecule has 0 spiro atoms. The topological polar surface area (TPSA) is 81.6 Å². The number of anilines is 1. The van der Waals surface area contributed by atoms with Crippen LogP contribution in [0.5, 0.6) is 0 Å². The van der Waals surface area contributed by atoms with E-state index in [2.05, 4.69) is 20.5 Å². The minimum absolute atomic E-state index is 0.594. The van der Waals surface area contributed by atoms with E-state index in [-0.39, 0.29) is 0 Å². The molecule has 7 heteroatoms. The lowest BCUT2D eigenvalue weighted by atomic mass is 10.5. The van der Waals surface area contributed by atoms with E-state index in [4.69, 9.17) is 5.84 Å². The van der Waals surface area contributed by atoms with Gasteiger partial charge in [0.1, 0.15) is 22.2 Å². The molecule has 0 aromatic carbocycles. The van der Waals surface area contributed by atoms with Gasteiger partial charge in [-0.15, -0.1) is 0 Å². The van der Waals surface area contributed by atoms with Gasteiger partial charge in [-0.05, 0) is 13.0 Å². The van der Waals surface area contributed by atoms with Crippen molar-refractivity contribution in [3.05, 3.63) is 24.2 Å². The molecule has 0 aliphatic rings. The highest BCUT2D eigenvalue weighted by Gasteiger charge is 2.06. The van der Waals surface area contributed by atoms with Crippen LogP contribution in [0, 0.1) is 6.92 Å². The monoisotopic (exact) mass is 236 g/mol. The predicted octanol–water partition coefficient (Wildman–Crippen LogP) is 0.955.